The predicted molar refractivity (Wildman–Crippen MR) is 85.6 cm³/mol. The van der Waals surface area contributed by atoms with Crippen LogP contribution in [0.3, 0.4) is 0 Å². The van der Waals surface area contributed by atoms with E-state index in [-0.39, 0.29) is 11.8 Å². The van der Waals surface area contributed by atoms with Gasteiger partial charge in [0.25, 0.3) is 0 Å². The van der Waals surface area contributed by atoms with Crippen LogP contribution in [0.1, 0.15) is 31.4 Å². The van der Waals surface area contributed by atoms with Gasteiger partial charge in [0, 0.05) is 12.6 Å². The van der Waals surface area contributed by atoms with E-state index in [9.17, 15) is 13.2 Å². The molecule has 22 heavy (non-hydrogen) atoms. The van der Waals surface area contributed by atoms with Crippen molar-refractivity contribution in [2.75, 3.05) is 18.8 Å². The van der Waals surface area contributed by atoms with Gasteiger partial charge in [0.2, 0.25) is 15.9 Å². The molecule has 1 aliphatic heterocycles. The lowest BCUT2D eigenvalue weighted by atomic mass is 9.99. The van der Waals surface area contributed by atoms with Crippen molar-refractivity contribution >= 4 is 15.9 Å². The van der Waals surface area contributed by atoms with Crippen LogP contribution in [-0.4, -0.2) is 44.1 Å². The molecule has 2 rings (SSSR count). The number of benzene rings is 1. The number of nitrogens with zero attached hydrogens (tertiary/aromatic N) is 1. The Bertz CT molecular complexity index is 604. The number of carbonyl (C=O) groups excluding carboxylic acids is 1. The van der Waals surface area contributed by atoms with Crippen molar-refractivity contribution in [3.05, 3.63) is 35.9 Å². The molecule has 0 radical (unpaired) electrons. The maximum absolute atomic E-state index is 11.9. The summed E-state index contributed by atoms with van der Waals surface area (Å²) in [5, 5.41) is 0. The van der Waals surface area contributed by atoms with Crippen LogP contribution < -0.4 is 10.5 Å². The van der Waals surface area contributed by atoms with Crippen LogP contribution in [0.25, 0.3) is 0 Å². The minimum atomic E-state index is -3.25. The van der Waals surface area contributed by atoms with Gasteiger partial charge in [0.1, 0.15) is 6.04 Å². The topological polar surface area (TPSA) is 92.5 Å². The van der Waals surface area contributed by atoms with Gasteiger partial charge in [-0.2, -0.15) is 0 Å². The molecule has 1 heterocycles. The van der Waals surface area contributed by atoms with E-state index in [1.54, 1.807) is 6.92 Å². The molecule has 1 aromatic rings. The molecule has 2 atom stereocenters. The number of likely N-dealkylation sites (tertiary alicyclic amines) is 1. The van der Waals surface area contributed by atoms with Crippen LogP contribution in [0.5, 0.6) is 0 Å². The summed E-state index contributed by atoms with van der Waals surface area (Å²) in [6.07, 6.45) is 1.60. The Hall–Kier alpha value is -1.44. The molecule has 1 fully saturated rings. The van der Waals surface area contributed by atoms with Crippen molar-refractivity contribution in [1.29, 1.82) is 0 Å². The van der Waals surface area contributed by atoms with E-state index in [1.165, 1.54) is 0 Å². The Morgan fingerprint density at radius 3 is 2.68 bits per heavy atom. The van der Waals surface area contributed by atoms with E-state index < -0.39 is 22.0 Å². The highest BCUT2D eigenvalue weighted by molar-refractivity contribution is 7.89. The normalized spacial score (nSPS) is 21.4. The molecule has 1 amide bonds. The number of sulfonamides is 1. The lowest BCUT2D eigenvalue weighted by molar-refractivity contribution is -0.124. The van der Waals surface area contributed by atoms with Crippen LogP contribution >= 0.6 is 0 Å². The van der Waals surface area contributed by atoms with Crippen molar-refractivity contribution < 1.29 is 13.2 Å². The van der Waals surface area contributed by atoms with Crippen LogP contribution in [0.2, 0.25) is 0 Å². The van der Waals surface area contributed by atoms with Gasteiger partial charge in [-0.05, 0) is 31.9 Å². The highest BCUT2D eigenvalue weighted by Crippen LogP contribution is 2.24. The molecule has 0 aliphatic carbocycles. The number of rotatable bonds is 6. The first-order valence-electron chi connectivity index (χ1n) is 7.51. The number of nitrogens with one attached hydrogen (secondary N) is 1. The Morgan fingerprint density at radius 1 is 1.41 bits per heavy atom. The molecule has 0 bridgehead atoms. The Labute approximate surface area is 131 Å². The maximum atomic E-state index is 11.9. The summed E-state index contributed by atoms with van der Waals surface area (Å²) >= 11 is 0. The highest BCUT2D eigenvalue weighted by Gasteiger charge is 2.31. The number of carbonyl (C=O) groups is 1. The van der Waals surface area contributed by atoms with Gasteiger partial charge in [-0.15, -0.1) is 0 Å². The summed E-state index contributed by atoms with van der Waals surface area (Å²) in [7, 11) is -3.25. The molecular formula is C15H23N3O3S. The number of hydrogen-bond donors (Lipinski definition) is 2. The zero-order valence-electron chi connectivity index (χ0n) is 12.7. The highest BCUT2D eigenvalue weighted by atomic mass is 32.2. The van der Waals surface area contributed by atoms with Gasteiger partial charge >= 0.3 is 0 Å². The Morgan fingerprint density at radius 2 is 2.09 bits per heavy atom. The SMILES string of the molecule is CCS(=O)(=O)N[C@H]1CCCN([C@@H](C(N)=O)c2ccccc2)C1. The molecule has 3 N–H and O–H groups in total. The van der Waals surface area contributed by atoms with E-state index in [2.05, 4.69) is 4.72 Å². The Kier molecular flexibility index (Phi) is 5.55. The van der Waals surface area contributed by atoms with E-state index >= 15 is 0 Å². The first kappa shape index (κ1) is 16.9. The fourth-order valence-corrected chi connectivity index (χ4v) is 3.73. The summed E-state index contributed by atoms with van der Waals surface area (Å²) in [5.74, 6) is -0.355. The number of amides is 1. The lowest BCUT2D eigenvalue weighted by Gasteiger charge is -2.37. The zero-order valence-corrected chi connectivity index (χ0v) is 13.6. The van der Waals surface area contributed by atoms with Crippen molar-refractivity contribution in [3.63, 3.8) is 0 Å². The van der Waals surface area contributed by atoms with Gasteiger partial charge in [-0.1, -0.05) is 30.3 Å². The van der Waals surface area contributed by atoms with E-state index in [1.807, 2.05) is 35.2 Å². The third kappa shape index (κ3) is 4.28. The Balaban J connectivity index is 2.14. The molecule has 1 aromatic carbocycles. The average molecular weight is 325 g/mol. The van der Waals surface area contributed by atoms with Gasteiger partial charge in [-0.3, -0.25) is 9.69 Å². The fraction of sp³-hybridized carbons (Fsp3) is 0.533. The van der Waals surface area contributed by atoms with Gasteiger partial charge < -0.3 is 5.73 Å². The molecule has 0 saturated carbocycles. The number of piperidine rings is 1. The minimum absolute atomic E-state index is 0.0570. The van der Waals surface area contributed by atoms with Gasteiger partial charge in [0.15, 0.2) is 0 Å². The fourth-order valence-electron chi connectivity index (χ4n) is 2.86. The molecular weight excluding hydrogens is 302 g/mol. The lowest BCUT2D eigenvalue weighted by Crippen LogP contribution is -2.51. The van der Waals surface area contributed by atoms with Crippen LogP contribution in [0, 0.1) is 0 Å². The molecule has 1 saturated heterocycles. The van der Waals surface area contributed by atoms with Crippen LogP contribution in [0.15, 0.2) is 30.3 Å². The number of hydrogen-bond acceptors (Lipinski definition) is 4. The zero-order chi connectivity index (χ0) is 16.2. The van der Waals surface area contributed by atoms with Crippen molar-refractivity contribution in [2.45, 2.75) is 31.8 Å². The summed E-state index contributed by atoms with van der Waals surface area (Å²) in [5.41, 5.74) is 6.42. The third-order valence-electron chi connectivity index (χ3n) is 3.93. The monoisotopic (exact) mass is 325 g/mol. The summed E-state index contributed by atoms with van der Waals surface area (Å²) < 4.78 is 26.2. The predicted octanol–water partition coefficient (Wildman–Crippen LogP) is 0.617. The smallest absolute Gasteiger partial charge is 0.239 e. The molecule has 0 spiro atoms. The van der Waals surface area contributed by atoms with Gasteiger partial charge in [0.05, 0.1) is 5.75 Å². The van der Waals surface area contributed by atoms with E-state index in [4.69, 9.17) is 5.73 Å². The first-order chi connectivity index (χ1) is 10.4. The number of primary amides is 1. The standard InChI is InChI=1S/C15H23N3O3S/c1-2-22(20,21)17-13-9-6-10-18(11-13)14(15(16)19)12-7-4-3-5-8-12/h3-5,7-8,13-14,17H,2,6,9-11H2,1H3,(H2,16,19)/t13-,14+/m0/s1. The second-order valence-electron chi connectivity index (χ2n) is 5.57. The summed E-state index contributed by atoms with van der Waals surface area (Å²) in [6, 6.07) is 8.67. The van der Waals surface area contributed by atoms with Crippen molar-refractivity contribution in [3.8, 4) is 0 Å². The third-order valence-corrected chi connectivity index (χ3v) is 5.38. The van der Waals surface area contributed by atoms with Crippen molar-refractivity contribution in [2.24, 2.45) is 5.73 Å². The molecule has 7 heteroatoms. The molecule has 6 nitrogen and oxygen atoms in total. The van der Waals surface area contributed by atoms with Gasteiger partial charge in [-0.25, -0.2) is 13.1 Å². The number of nitrogens with two attached hydrogens (primary N) is 1. The van der Waals surface area contributed by atoms with E-state index in [0.29, 0.717) is 6.54 Å². The second kappa shape index (κ2) is 7.21. The quantitative estimate of drug-likeness (QED) is 0.802. The maximum Gasteiger partial charge on any atom is 0.239 e. The molecule has 122 valence electrons. The second-order valence-corrected chi connectivity index (χ2v) is 7.61. The van der Waals surface area contributed by atoms with Crippen LogP contribution in [-0.2, 0) is 14.8 Å². The summed E-state index contributed by atoms with van der Waals surface area (Å²) in [4.78, 5) is 13.9. The van der Waals surface area contributed by atoms with Crippen LogP contribution in [0.4, 0.5) is 0 Å². The molecule has 0 unspecified atom stereocenters. The van der Waals surface area contributed by atoms with E-state index in [0.717, 1.165) is 24.9 Å². The summed E-state index contributed by atoms with van der Waals surface area (Å²) in [6.45, 7) is 2.83. The largest absolute Gasteiger partial charge is 0.368 e. The molecule has 0 aromatic heterocycles. The molecule has 1 aliphatic rings. The van der Waals surface area contributed by atoms with Crippen molar-refractivity contribution in [1.82, 2.24) is 9.62 Å². The average Bonchev–Trinajstić information content (AvgIpc) is 2.48. The minimum Gasteiger partial charge on any atom is -0.368 e. The first-order valence-corrected chi connectivity index (χ1v) is 9.16.